The van der Waals surface area contributed by atoms with E-state index in [1.54, 1.807) is 0 Å². The Bertz CT molecular complexity index is 957. The van der Waals surface area contributed by atoms with Gasteiger partial charge in [0.15, 0.2) is 5.82 Å². The molecule has 3 aromatic rings. The van der Waals surface area contributed by atoms with Gasteiger partial charge in [0.05, 0.1) is 11.3 Å². The van der Waals surface area contributed by atoms with Crippen molar-refractivity contribution in [3.8, 4) is 11.3 Å². The van der Waals surface area contributed by atoms with Crippen molar-refractivity contribution in [1.82, 2.24) is 15.5 Å². The molecule has 0 spiro atoms. The third kappa shape index (κ3) is 4.01. The van der Waals surface area contributed by atoms with Gasteiger partial charge in [-0.25, -0.2) is 0 Å². The van der Waals surface area contributed by atoms with Gasteiger partial charge in [0.25, 0.3) is 5.91 Å². The Morgan fingerprint density at radius 3 is 2.78 bits per heavy atom. The minimum absolute atomic E-state index is 0.0572. The predicted octanol–water partition coefficient (Wildman–Crippen LogP) is 4.50. The Hall–Kier alpha value is -2.31. The minimum Gasteiger partial charge on any atom is -0.353 e. The van der Waals surface area contributed by atoms with E-state index in [9.17, 15) is 4.79 Å². The van der Waals surface area contributed by atoms with Crippen LogP contribution in [0.3, 0.4) is 0 Å². The molecule has 0 unspecified atom stereocenters. The molecule has 0 aliphatic carbocycles. The average Bonchev–Trinajstić information content (AvgIpc) is 3.32. The van der Waals surface area contributed by atoms with Crippen LogP contribution in [0.2, 0.25) is 5.02 Å². The van der Waals surface area contributed by atoms with Crippen LogP contribution in [-0.4, -0.2) is 35.2 Å². The van der Waals surface area contributed by atoms with Crippen LogP contribution in [-0.2, 0) is 0 Å². The number of H-pyrrole nitrogens is 1. The van der Waals surface area contributed by atoms with Crippen LogP contribution < -0.4 is 10.2 Å². The SMILES string of the molecule is O=C(N[C@H]1CCN(c2cc(-c3ccc(Cl)cc3)[nH]n2)C1)c1ccccc1Br. The highest BCUT2D eigenvalue weighted by molar-refractivity contribution is 9.10. The van der Waals surface area contributed by atoms with Gasteiger partial charge in [-0.3, -0.25) is 9.89 Å². The lowest BCUT2D eigenvalue weighted by Gasteiger charge is -2.16. The largest absolute Gasteiger partial charge is 0.353 e. The topological polar surface area (TPSA) is 61.0 Å². The fraction of sp³-hybridized carbons (Fsp3) is 0.200. The van der Waals surface area contributed by atoms with E-state index in [2.05, 4.69) is 36.3 Å². The van der Waals surface area contributed by atoms with E-state index in [4.69, 9.17) is 11.6 Å². The van der Waals surface area contributed by atoms with Crippen LogP contribution in [0.5, 0.6) is 0 Å². The summed E-state index contributed by atoms with van der Waals surface area (Å²) in [6.45, 7) is 1.59. The van der Waals surface area contributed by atoms with Gasteiger partial charge in [0.1, 0.15) is 0 Å². The van der Waals surface area contributed by atoms with Gasteiger partial charge in [-0.1, -0.05) is 35.9 Å². The summed E-state index contributed by atoms with van der Waals surface area (Å²) < 4.78 is 0.803. The first-order valence-corrected chi connectivity index (χ1v) is 9.89. The molecule has 1 fully saturated rings. The maximum absolute atomic E-state index is 12.5. The summed E-state index contributed by atoms with van der Waals surface area (Å²) in [6.07, 6.45) is 0.888. The first kappa shape index (κ1) is 18.1. The molecule has 1 saturated heterocycles. The van der Waals surface area contributed by atoms with Gasteiger partial charge in [0, 0.05) is 34.7 Å². The molecule has 5 nitrogen and oxygen atoms in total. The Labute approximate surface area is 170 Å². The van der Waals surface area contributed by atoms with E-state index in [1.807, 2.05) is 54.6 Å². The zero-order chi connectivity index (χ0) is 18.8. The number of amides is 1. The van der Waals surface area contributed by atoms with E-state index < -0.39 is 0 Å². The number of hydrogen-bond donors (Lipinski definition) is 2. The van der Waals surface area contributed by atoms with Crippen molar-refractivity contribution in [2.75, 3.05) is 18.0 Å². The fourth-order valence-corrected chi connectivity index (χ4v) is 3.84. The maximum atomic E-state index is 12.5. The van der Waals surface area contributed by atoms with E-state index in [1.165, 1.54) is 0 Å². The molecule has 1 aliphatic rings. The van der Waals surface area contributed by atoms with E-state index in [-0.39, 0.29) is 11.9 Å². The molecule has 4 rings (SSSR count). The highest BCUT2D eigenvalue weighted by Gasteiger charge is 2.26. The number of nitrogens with one attached hydrogen (secondary N) is 2. The standard InChI is InChI=1S/C20H18BrClN4O/c21-17-4-2-1-3-16(17)20(27)23-15-9-10-26(12-15)19-11-18(24-25-19)13-5-7-14(22)8-6-13/h1-8,11,15H,9-10,12H2,(H,23,27)(H,24,25)/t15-/m0/s1. The predicted molar refractivity (Wildman–Crippen MR) is 111 cm³/mol. The van der Waals surface area contributed by atoms with E-state index in [0.717, 1.165) is 41.1 Å². The molecular formula is C20H18BrClN4O. The number of hydrogen-bond acceptors (Lipinski definition) is 3. The quantitative estimate of drug-likeness (QED) is 0.621. The number of carbonyl (C=O) groups excluding carboxylic acids is 1. The molecule has 138 valence electrons. The molecule has 2 aromatic carbocycles. The molecule has 0 bridgehead atoms. The van der Waals surface area contributed by atoms with Gasteiger partial charge in [-0.2, -0.15) is 5.10 Å². The van der Waals surface area contributed by atoms with Crippen LogP contribution in [0.15, 0.2) is 59.1 Å². The molecule has 2 heterocycles. The number of carbonyl (C=O) groups is 1. The molecule has 7 heteroatoms. The van der Waals surface area contributed by atoms with Crippen molar-refractivity contribution >= 4 is 39.3 Å². The summed E-state index contributed by atoms with van der Waals surface area (Å²) >= 11 is 9.38. The van der Waals surface area contributed by atoms with Gasteiger partial charge in [-0.15, -0.1) is 0 Å². The Kier molecular flexibility index (Phi) is 5.18. The third-order valence-electron chi connectivity index (χ3n) is 4.69. The van der Waals surface area contributed by atoms with Crippen LogP contribution in [0.4, 0.5) is 5.82 Å². The molecule has 1 aromatic heterocycles. The lowest BCUT2D eigenvalue weighted by atomic mass is 10.1. The van der Waals surface area contributed by atoms with E-state index in [0.29, 0.717) is 10.6 Å². The number of aromatic nitrogens is 2. The number of aromatic amines is 1. The Morgan fingerprint density at radius 2 is 2.00 bits per heavy atom. The molecule has 0 radical (unpaired) electrons. The molecule has 2 N–H and O–H groups in total. The van der Waals surface area contributed by atoms with Crippen LogP contribution in [0.1, 0.15) is 16.8 Å². The number of nitrogens with zero attached hydrogens (tertiary/aromatic N) is 2. The second-order valence-corrected chi connectivity index (χ2v) is 7.82. The Morgan fingerprint density at radius 1 is 1.22 bits per heavy atom. The van der Waals surface area contributed by atoms with Crippen molar-refractivity contribution in [3.05, 3.63) is 69.7 Å². The van der Waals surface area contributed by atoms with Crippen LogP contribution in [0.25, 0.3) is 11.3 Å². The third-order valence-corrected chi connectivity index (χ3v) is 5.63. The molecule has 1 aliphatic heterocycles. The normalized spacial score (nSPS) is 16.5. The first-order valence-electron chi connectivity index (χ1n) is 8.72. The zero-order valence-electron chi connectivity index (χ0n) is 14.5. The van der Waals surface area contributed by atoms with Gasteiger partial charge < -0.3 is 10.2 Å². The monoisotopic (exact) mass is 444 g/mol. The van der Waals surface area contributed by atoms with E-state index >= 15 is 0 Å². The second kappa shape index (κ2) is 7.74. The molecule has 1 amide bonds. The number of benzene rings is 2. The van der Waals surface area contributed by atoms with Crippen molar-refractivity contribution in [2.45, 2.75) is 12.5 Å². The first-order chi connectivity index (χ1) is 13.1. The molecule has 27 heavy (non-hydrogen) atoms. The summed E-state index contributed by atoms with van der Waals surface area (Å²) in [7, 11) is 0. The van der Waals surface area contributed by atoms with Crippen LogP contribution >= 0.6 is 27.5 Å². The maximum Gasteiger partial charge on any atom is 0.252 e. The fourth-order valence-electron chi connectivity index (χ4n) is 3.25. The molecule has 1 atom stereocenters. The number of rotatable bonds is 4. The van der Waals surface area contributed by atoms with Crippen molar-refractivity contribution in [1.29, 1.82) is 0 Å². The van der Waals surface area contributed by atoms with Crippen molar-refractivity contribution < 1.29 is 4.79 Å². The summed E-state index contributed by atoms with van der Waals surface area (Å²) in [6, 6.07) is 17.2. The smallest absolute Gasteiger partial charge is 0.252 e. The summed E-state index contributed by atoms with van der Waals surface area (Å²) in [5.41, 5.74) is 2.64. The lowest BCUT2D eigenvalue weighted by molar-refractivity contribution is 0.0939. The van der Waals surface area contributed by atoms with Crippen molar-refractivity contribution in [3.63, 3.8) is 0 Å². The highest BCUT2D eigenvalue weighted by atomic mass is 79.9. The molecule has 0 saturated carbocycles. The van der Waals surface area contributed by atoms with Gasteiger partial charge in [0.2, 0.25) is 0 Å². The zero-order valence-corrected chi connectivity index (χ0v) is 16.8. The Balaban J connectivity index is 1.40. The van der Waals surface area contributed by atoms with Crippen molar-refractivity contribution in [2.24, 2.45) is 0 Å². The summed E-state index contributed by atoms with van der Waals surface area (Å²) in [5, 5.41) is 11.3. The second-order valence-electron chi connectivity index (χ2n) is 6.53. The van der Waals surface area contributed by atoms with Gasteiger partial charge >= 0.3 is 0 Å². The molecular weight excluding hydrogens is 428 g/mol. The summed E-state index contributed by atoms with van der Waals surface area (Å²) in [5.74, 6) is 0.829. The highest BCUT2D eigenvalue weighted by Crippen LogP contribution is 2.25. The number of anilines is 1. The van der Waals surface area contributed by atoms with Crippen LogP contribution in [0, 0.1) is 0 Å². The minimum atomic E-state index is -0.0572. The lowest BCUT2D eigenvalue weighted by Crippen LogP contribution is -2.37. The van der Waals surface area contributed by atoms with Gasteiger partial charge in [-0.05, 0) is 52.2 Å². The average molecular weight is 446 g/mol. The number of halogens is 2. The summed E-state index contributed by atoms with van der Waals surface area (Å²) in [4.78, 5) is 14.7.